The number of thioether (sulfide) groups is 1. The van der Waals surface area contributed by atoms with Crippen molar-refractivity contribution in [3.8, 4) is 22.8 Å². The Labute approximate surface area is 216 Å². The number of halogens is 1. The molecule has 0 atom stereocenters. The smallest absolute Gasteiger partial charge is 0.250 e. The fourth-order valence-electron chi connectivity index (χ4n) is 3.32. The molecule has 9 heteroatoms. The van der Waals surface area contributed by atoms with Crippen LogP contribution in [-0.4, -0.2) is 39.7 Å². The number of amides is 1. The summed E-state index contributed by atoms with van der Waals surface area (Å²) in [6, 6.07) is 21.8. The highest BCUT2D eigenvalue weighted by atomic mass is 79.9. The van der Waals surface area contributed by atoms with E-state index in [4.69, 9.17) is 4.74 Å². The molecule has 3 aromatic carbocycles. The van der Waals surface area contributed by atoms with Crippen LogP contribution in [0.5, 0.6) is 5.75 Å². The predicted octanol–water partition coefficient (Wildman–Crippen LogP) is 5.56. The second-order valence-electron chi connectivity index (χ2n) is 7.81. The first-order chi connectivity index (χ1) is 16.9. The number of nitrogens with one attached hydrogen (secondary N) is 1. The molecule has 4 rings (SSSR count). The predicted molar refractivity (Wildman–Crippen MR) is 143 cm³/mol. The van der Waals surface area contributed by atoms with Gasteiger partial charge in [-0.05, 0) is 44.2 Å². The molecule has 0 aliphatic carbocycles. The standard InChI is InChI=1S/C26H24BrN5O2S/c1-17-4-8-19(9-5-17)25-30-31-26(32(25)22-11-6-18(2)7-12-22)35-16-24(33)29-28-15-20-14-21(27)10-13-23(20)34-3/h4-15H,16H2,1-3H3,(H,29,33)/b28-15-. The van der Waals surface area contributed by atoms with Gasteiger partial charge in [-0.15, -0.1) is 10.2 Å². The van der Waals surface area contributed by atoms with E-state index < -0.39 is 0 Å². The van der Waals surface area contributed by atoms with E-state index in [0.717, 1.165) is 32.7 Å². The second kappa shape index (κ2) is 11.3. The van der Waals surface area contributed by atoms with E-state index >= 15 is 0 Å². The highest BCUT2D eigenvalue weighted by molar-refractivity contribution is 9.10. The molecule has 1 amide bonds. The lowest BCUT2D eigenvalue weighted by Crippen LogP contribution is -2.20. The van der Waals surface area contributed by atoms with Crippen LogP contribution in [0.25, 0.3) is 17.1 Å². The quantitative estimate of drug-likeness (QED) is 0.176. The number of methoxy groups -OCH3 is 1. The Hall–Kier alpha value is -3.43. The van der Waals surface area contributed by atoms with Crippen LogP contribution in [0.2, 0.25) is 0 Å². The molecule has 4 aromatic rings. The molecule has 0 unspecified atom stereocenters. The van der Waals surface area contributed by atoms with Gasteiger partial charge in [0, 0.05) is 21.3 Å². The lowest BCUT2D eigenvalue weighted by atomic mass is 10.1. The molecular weight excluding hydrogens is 526 g/mol. The van der Waals surface area contributed by atoms with E-state index in [2.05, 4.69) is 36.7 Å². The Bertz CT molecular complexity index is 1350. The molecule has 0 saturated carbocycles. The first-order valence-electron chi connectivity index (χ1n) is 10.8. The normalized spacial score (nSPS) is 11.1. The number of carbonyl (C=O) groups excluding carboxylic acids is 1. The molecule has 7 nitrogen and oxygen atoms in total. The van der Waals surface area contributed by atoms with Gasteiger partial charge < -0.3 is 4.74 Å². The number of hydrogen-bond donors (Lipinski definition) is 1. The maximum atomic E-state index is 12.5. The van der Waals surface area contributed by atoms with Crippen LogP contribution in [0.15, 0.2) is 81.5 Å². The van der Waals surface area contributed by atoms with Gasteiger partial charge in [0.05, 0.1) is 19.1 Å². The molecular formula is C26H24BrN5O2S. The molecule has 1 N–H and O–H groups in total. The minimum Gasteiger partial charge on any atom is -0.496 e. The number of benzene rings is 3. The lowest BCUT2D eigenvalue weighted by molar-refractivity contribution is -0.118. The van der Waals surface area contributed by atoms with Gasteiger partial charge in [-0.1, -0.05) is 75.2 Å². The molecule has 0 spiro atoms. The van der Waals surface area contributed by atoms with E-state index in [1.54, 1.807) is 13.3 Å². The Morgan fingerprint density at radius 1 is 1.06 bits per heavy atom. The first-order valence-corrected chi connectivity index (χ1v) is 12.6. The Balaban J connectivity index is 1.51. The summed E-state index contributed by atoms with van der Waals surface area (Å²) in [4.78, 5) is 12.5. The monoisotopic (exact) mass is 549 g/mol. The fraction of sp³-hybridized carbons (Fsp3) is 0.154. The van der Waals surface area contributed by atoms with Crippen molar-refractivity contribution >= 4 is 39.8 Å². The van der Waals surface area contributed by atoms with Crippen molar-refractivity contribution in [3.63, 3.8) is 0 Å². The SMILES string of the molecule is COc1ccc(Br)cc1/C=N\NC(=O)CSc1nnc(-c2ccc(C)cc2)n1-c1ccc(C)cc1. The molecule has 0 radical (unpaired) electrons. The van der Waals surface area contributed by atoms with Crippen molar-refractivity contribution in [2.75, 3.05) is 12.9 Å². The maximum absolute atomic E-state index is 12.5. The minimum absolute atomic E-state index is 0.130. The number of nitrogens with zero attached hydrogens (tertiary/aromatic N) is 4. The van der Waals surface area contributed by atoms with Crippen molar-refractivity contribution in [2.45, 2.75) is 19.0 Å². The molecule has 1 heterocycles. The van der Waals surface area contributed by atoms with Crippen LogP contribution in [0.1, 0.15) is 16.7 Å². The highest BCUT2D eigenvalue weighted by Gasteiger charge is 2.17. The summed E-state index contributed by atoms with van der Waals surface area (Å²) < 4.78 is 8.18. The average molecular weight is 550 g/mol. The van der Waals surface area contributed by atoms with Crippen molar-refractivity contribution in [1.29, 1.82) is 0 Å². The van der Waals surface area contributed by atoms with E-state index in [9.17, 15) is 4.79 Å². The van der Waals surface area contributed by atoms with Gasteiger partial charge in [-0.25, -0.2) is 5.43 Å². The average Bonchev–Trinajstić information content (AvgIpc) is 3.28. The van der Waals surface area contributed by atoms with Gasteiger partial charge in [0.15, 0.2) is 11.0 Å². The Morgan fingerprint density at radius 2 is 1.74 bits per heavy atom. The van der Waals surface area contributed by atoms with E-state index in [-0.39, 0.29) is 11.7 Å². The summed E-state index contributed by atoms with van der Waals surface area (Å²) >= 11 is 4.73. The minimum atomic E-state index is -0.254. The molecule has 35 heavy (non-hydrogen) atoms. The van der Waals surface area contributed by atoms with Crippen molar-refractivity contribution < 1.29 is 9.53 Å². The molecule has 178 valence electrons. The molecule has 0 aliphatic heterocycles. The van der Waals surface area contributed by atoms with Crippen LogP contribution in [-0.2, 0) is 4.79 Å². The van der Waals surface area contributed by atoms with Gasteiger partial charge in [-0.3, -0.25) is 9.36 Å². The van der Waals surface area contributed by atoms with Crippen LogP contribution >= 0.6 is 27.7 Å². The first kappa shape index (κ1) is 24.7. The fourth-order valence-corrected chi connectivity index (χ4v) is 4.44. The van der Waals surface area contributed by atoms with Crippen molar-refractivity contribution in [2.24, 2.45) is 5.10 Å². The lowest BCUT2D eigenvalue weighted by Gasteiger charge is -2.11. The van der Waals surface area contributed by atoms with Crippen molar-refractivity contribution in [1.82, 2.24) is 20.2 Å². The summed E-state index contributed by atoms with van der Waals surface area (Å²) in [7, 11) is 1.59. The van der Waals surface area contributed by atoms with Gasteiger partial charge in [0.2, 0.25) is 0 Å². The number of rotatable bonds is 8. The van der Waals surface area contributed by atoms with Gasteiger partial charge in [-0.2, -0.15) is 5.10 Å². The van der Waals surface area contributed by atoms with E-state index in [1.165, 1.54) is 17.3 Å². The van der Waals surface area contributed by atoms with Gasteiger partial charge >= 0.3 is 0 Å². The molecule has 0 saturated heterocycles. The number of hydrogen-bond acceptors (Lipinski definition) is 6. The number of carbonyl (C=O) groups is 1. The summed E-state index contributed by atoms with van der Waals surface area (Å²) in [5.74, 6) is 1.26. The zero-order valence-corrected chi connectivity index (χ0v) is 21.9. The Morgan fingerprint density at radius 3 is 2.43 bits per heavy atom. The molecule has 0 fully saturated rings. The zero-order valence-electron chi connectivity index (χ0n) is 19.5. The second-order valence-corrected chi connectivity index (χ2v) is 9.67. The number of ether oxygens (including phenoxy) is 1. The maximum Gasteiger partial charge on any atom is 0.250 e. The third-order valence-electron chi connectivity index (χ3n) is 5.15. The third kappa shape index (κ3) is 6.17. The molecule has 0 aliphatic rings. The van der Waals surface area contributed by atoms with Crippen LogP contribution < -0.4 is 10.2 Å². The van der Waals surface area contributed by atoms with Crippen LogP contribution in [0.4, 0.5) is 0 Å². The topological polar surface area (TPSA) is 81.4 Å². The number of aromatic nitrogens is 3. The van der Waals surface area contributed by atoms with Gasteiger partial charge in [0.1, 0.15) is 5.75 Å². The van der Waals surface area contributed by atoms with E-state index in [1.807, 2.05) is 85.1 Å². The van der Waals surface area contributed by atoms with E-state index in [0.29, 0.717) is 10.9 Å². The zero-order chi connectivity index (χ0) is 24.8. The molecule has 0 bridgehead atoms. The summed E-state index contributed by atoms with van der Waals surface area (Å²) in [5, 5.41) is 13.5. The van der Waals surface area contributed by atoms with Crippen LogP contribution in [0, 0.1) is 13.8 Å². The van der Waals surface area contributed by atoms with Crippen LogP contribution in [0.3, 0.4) is 0 Å². The number of aryl methyl sites for hydroxylation is 2. The Kier molecular flexibility index (Phi) is 7.99. The van der Waals surface area contributed by atoms with Gasteiger partial charge in [0.25, 0.3) is 5.91 Å². The summed E-state index contributed by atoms with van der Waals surface area (Å²) in [5.41, 5.74) is 7.52. The number of hydrazone groups is 1. The summed E-state index contributed by atoms with van der Waals surface area (Å²) in [6.45, 7) is 4.09. The molecule has 1 aromatic heterocycles. The third-order valence-corrected chi connectivity index (χ3v) is 6.57. The van der Waals surface area contributed by atoms with Crippen molar-refractivity contribution in [3.05, 3.63) is 87.9 Å². The summed E-state index contributed by atoms with van der Waals surface area (Å²) in [6.07, 6.45) is 1.55. The highest BCUT2D eigenvalue weighted by Crippen LogP contribution is 2.28. The largest absolute Gasteiger partial charge is 0.496 e.